The van der Waals surface area contributed by atoms with Gasteiger partial charge in [0.15, 0.2) is 23.3 Å². The van der Waals surface area contributed by atoms with E-state index in [4.69, 9.17) is 0 Å². The Labute approximate surface area is 153 Å². The van der Waals surface area contributed by atoms with Crippen LogP contribution >= 0.6 is 11.8 Å². The molecular formula is C17H12F8OS. The van der Waals surface area contributed by atoms with Crippen molar-refractivity contribution in [2.24, 2.45) is 0 Å². The van der Waals surface area contributed by atoms with Crippen molar-refractivity contribution < 1.29 is 39.9 Å². The monoisotopic (exact) mass is 416 g/mol. The largest absolute Gasteiger partial charge is 0.444 e. The number of thioether (sulfide) groups is 1. The Morgan fingerprint density at radius 1 is 0.593 bits per heavy atom. The van der Waals surface area contributed by atoms with Crippen LogP contribution in [0.15, 0.2) is 4.90 Å². The molecule has 2 rings (SSSR count). The molecule has 10 heteroatoms. The molecule has 0 aliphatic heterocycles. The molecular weight excluding hydrogens is 404 g/mol. The van der Waals surface area contributed by atoms with Crippen molar-refractivity contribution in [2.45, 2.75) is 31.1 Å². The fourth-order valence-electron chi connectivity index (χ4n) is 2.32. The fraction of sp³-hybridized carbons (Fsp3) is 0.294. The average molecular weight is 416 g/mol. The maximum Gasteiger partial charge on any atom is 0.205 e. The molecule has 1 nitrogen and oxygen atoms in total. The Hall–Kier alpha value is -1.97. The van der Waals surface area contributed by atoms with Crippen LogP contribution in [0.2, 0.25) is 0 Å². The van der Waals surface area contributed by atoms with Gasteiger partial charge in [-0.1, -0.05) is 20.8 Å². The van der Waals surface area contributed by atoms with Gasteiger partial charge >= 0.3 is 0 Å². The number of halogens is 8. The summed E-state index contributed by atoms with van der Waals surface area (Å²) in [5.74, 6) is -19.7. The van der Waals surface area contributed by atoms with E-state index in [2.05, 4.69) is 4.74 Å². The first kappa shape index (κ1) is 21.3. The molecule has 0 radical (unpaired) electrons. The van der Waals surface area contributed by atoms with E-state index in [1.807, 2.05) is 0 Å². The van der Waals surface area contributed by atoms with E-state index in [9.17, 15) is 35.1 Å². The average Bonchev–Trinajstić information content (AvgIpc) is 2.57. The molecule has 148 valence electrons. The fourth-order valence-corrected chi connectivity index (χ4v) is 2.86. The zero-order valence-corrected chi connectivity index (χ0v) is 15.2. The minimum Gasteiger partial charge on any atom is -0.444 e. The smallest absolute Gasteiger partial charge is 0.205 e. The summed E-state index contributed by atoms with van der Waals surface area (Å²) in [7, 11) is 0. The van der Waals surface area contributed by atoms with Gasteiger partial charge in [0.05, 0.1) is 4.90 Å². The molecule has 0 unspecified atom stereocenters. The topological polar surface area (TPSA) is 9.23 Å². The molecule has 0 saturated heterocycles. The van der Waals surface area contributed by atoms with Crippen molar-refractivity contribution in [1.29, 1.82) is 0 Å². The van der Waals surface area contributed by atoms with Crippen molar-refractivity contribution in [2.75, 3.05) is 6.26 Å². The zero-order valence-electron chi connectivity index (χ0n) is 14.3. The normalized spacial score (nSPS) is 11.9. The highest BCUT2D eigenvalue weighted by molar-refractivity contribution is 7.98. The van der Waals surface area contributed by atoms with E-state index in [1.54, 1.807) is 0 Å². The second kappa shape index (κ2) is 7.21. The molecule has 0 aliphatic rings. The van der Waals surface area contributed by atoms with E-state index < -0.39 is 73.9 Å². The van der Waals surface area contributed by atoms with Crippen molar-refractivity contribution >= 4 is 11.8 Å². The van der Waals surface area contributed by atoms with Gasteiger partial charge in [0.1, 0.15) is 0 Å². The number of rotatable bonds is 3. The van der Waals surface area contributed by atoms with E-state index in [1.165, 1.54) is 20.8 Å². The van der Waals surface area contributed by atoms with Crippen LogP contribution in [0.1, 0.15) is 26.3 Å². The lowest BCUT2D eigenvalue weighted by Gasteiger charge is -2.22. The van der Waals surface area contributed by atoms with Gasteiger partial charge in [-0.2, -0.15) is 17.6 Å². The number of hydrogen-bond acceptors (Lipinski definition) is 2. The first-order valence-corrected chi connectivity index (χ1v) is 8.51. The molecule has 0 spiro atoms. The van der Waals surface area contributed by atoms with Gasteiger partial charge in [0, 0.05) is 5.56 Å². The standard InChI is InChI=1S/C17H12F8OS/c1-17(2,3)5-6(18)8(20)14(9(21)7(5)19)26-15-10(22)12(24)16(27-4)13(25)11(15)23/h1-4H3. The lowest BCUT2D eigenvalue weighted by atomic mass is 9.86. The molecule has 2 aromatic rings. The second-order valence-electron chi connectivity index (χ2n) is 6.43. The lowest BCUT2D eigenvalue weighted by Crippen LogP contribution is -2.19. The van der Waals surface area contributed by atoms with Crippen LogP contribution < -0.4 is 4.74 Å². The third kappa shape index (κ3) is 3.46. The molecule has 0 N–H and O–H groups in total. The van der Waals surface area contributed by atoms with Crippen LogP contribution in [0.3, 0.4) is 0 Å². The minimum atomic E-state index is -2.11. The highest BCUT2D eigenvalue weighted by Crippen LogP contribution is 2.41. The van der Waals surface area contributed by atoms with E-state index in [0.29, 0.717) is 11.8 Å². The first-order chi connectivity index (χ1) is 12.3. The first-order valence-electron chi connectivity index (χ1n) is 7.28. The minimum absolute atomic E-state index is 0.328. The van der Waals surface area contributed by atoms with Crippen LogP contribution in [-0.4, -0.2) is 6.26 Å². The van der Waals surface area contributed by atoms with Gasteiger partial charge in [0.2, 0.25) is 34.8 Å². The number of hydrogen-bond donors (Lipinski definition) is 0. The Morgan fingerprint density at radius 2 is 0.926 bits per heavy atom. The highest BCUT2D eigenvalue weighted by Gasteiger charge is 2.35. The van der Waals surface area contributed by atoms with Crippen molar-refractivity contribution in [3.63, 3.8) is 0 Å². The number of ether oxygens (including phenoxy) is 1. The molecule has 0 bridgehead atoms. The quantitative estimate of drug-likeness (QED) is 0.316. The van der Waals surface area contributed by atoms with Gasteiger partial charge in [0.25, 0.3) is 0 Å². The lowest BCUT2D eigenvalue weighted by molar-refractivity contribution is 0.312. The van der Waals surface area contributed by atoms with Gasteiger partial charge in [-0.3, -0.25) is 0 Å². The molecule has 0 aromatic heterocycles. The predicted molar refractivity (Wildman–Crippen MR) is 83.1 cm³/mol. The van der Waals surface area contributed by atoms with Crippen molar-refractivity contribution in [3.8, 4) is 11.5 Å². The Balaban J connectivity index is 2.74. The summed E-state index contributed by atoms with van der Waals surface area (Å²) >= 11 is 0.328. The van der Waals surface area contributed by atoms with Gasteiger partial charge in [-0.05, 0) is 11.7 Å². The summed E-state index contributed by atoms with van der Waals surface area (Å²) < 4.78 is 116. The summed E-state index contributed by atoms with van der Waals surface area (Å²) in [4.78, 5) is -1.04. The summed E-state index contributed by atoms with van der Waals surface area (Å²) in [5.41, 5.74) is -2.34. The van der Waals surface area contributed by atoms with Crippen LogP contribution in [0, 0.1) is 46.5 Å². The van der Waals surface area contributed by atoms with E-state index in [-0.39, 0.29) is 0 Å². The third-order valence-corrected chi connectivity index (χ3v) is 4.33. The van der Waals surface area contributed by atoms with E-state index >= 15 is 0 Å². The predicted octanol–water partition coefficient (Wildman–Crippen LogP) is 6.61. The molecule has 0 atom stereocenters. The number of benzene rings is 2. The van der Waals surface area contributed by atoms with Crippen molar-refractivity contribution in [1.82, 2.24) is 0 Å². The third-order valence-electron chi connectivity index (χ3n) is 3.56. The Bertz CT molecular complexity index is 863. The molecule has 27 heavy (non-hydrogen) atoms. The Kier molecular flexibility index (Phi) is 5.70. The summed E-state index contributed by atoms with van der Waals surface area (Å²) in [6.45, 7) is 3.79. The highest BCUT2D eigenvalue weighted by atomic mass is 32.2. The van der Waals surface area contributed by atoms with Gasteiger partial charge in [-0.15, -0.1) is 11.8 Å². The van der Waals surface area contributed by atoms with Crippen LogP contribution in [0.25, 0.3) is 0 Å². The maximum atomic E-state index is 14.2. The van der Waals surface area contributed by atoms with Crippen LogP contribution in [0.4, 0.5) is 35.1 Å². The van der Waals surface area contributed by atoms with Crippen LogP contribution in [-0.2, 0) is 5.41 Å². The summed E-state index contributed by atoms with van der Waals surface area (Å²) in [5, 5.41) is 0. The van der Waals surface area contributed by atoms with Crippen LogP contribution in [0.5, 0.6) is 11.5 Å². The molecule has 0 heterocycles. The maximum absolute atomic E-state index is 14.2. The molecule has 0 fully saturated rings. The zero-order chi connectivity index (χ0) is 20.8. The molecule has 0 aliphatic carbocycles. The molecule has 0 saturated carbocycles. The summed E-state index contributed by atoms with van der Waals surface area (Å²) in [6.07, 6.45) is 1.12. The van der Waals surface area contributed by atoms with Crippen molar-refractivity contribution in [3.05, 3.63) is 52.1 Å². The SMILES string of the molecule is CSc1c(F)c(F)c(Oc2c(F)c(F)c(C(C)(C)C)c(F)c2F)c(F)c1F. The summed E-state index contributed by atoms with van der Waals surface area (Å²) in [6, 6.07) is 0. The molecule has 2 aromatic carbocycles. The Morgan fingerprint density at radius 3 is 1.22 bits per heavy atom. The van der Waals surface area contributed by atoms with E-state index in [0.717, 1.165) is 6.26 Å². The second-order valence-corrected chi connectivity index (χ2v) is 7.25. The van der Waals surface area contributed by atoms with Gasteiger partial charge < -0.3 is 4.74 Å². The van der Waals surface area contributed by atoms with Gasteiger partial charge in [-0.25, -0.2) is 17.6 Å². The molecule has 0 amide bonds.